The van der Waals surface area contributed by atoms with Crippen LogP contribution in [0.3, 0.4) is 0 Å². The SMILES string of the molecule is CSCCCCOc1ccc(C(F)(F)F)cc1C(=O)N=c1cc(C(C)(C)C)n(C)n1C[C@H]1CCCO1. The van der Waals surface area contributed by atoms with Crippen LogP contribution in [0.5, 0.6) is 5.75 Å². The van der Waals surface area contributed by atoms with Crippen molar-refractivity contribution in [2.24, 2.45) is 12.0 Å². The second kappa shape index (κ2) is 11.9. The van der Waals surface area contributed by atoms with Crippen LogP contribution >= 0.6 is 11.8 Å². The topological polar surface area (TPSA) is 57.8 Å². The minimum atomic E-state index is -4.59. The standard InChI is InChI=1S/C26H36F3N3O3S/c1-25(2,3)22-16-23(32(31(22)4)17-19-9-8-13-34-19)30-24(33)20-15-18(26(27,28)29)10-11-21(20)35-12-6-7-14-36-5/h10-11,15-16,19H,6-9,12-14,17H2,1-5H3/t19-/m1/s1. The van der Waals surface area contributed by atoms with Gasteiger partial charge >= 0.3 is 6.18 Å². The third-order valence-corrected chi connectivity index (χ3v) is 6.86. The quantitative estimate of drug-likeness (QED) is 0.399. The van der Waals surface area contributed by atoms with Gasteiger partial charge in [0.1, 0.15) is 5.75 Å². The van der Waals surface area contributed by atoms with Gasteiger partial charge in [-0.15, -0.1) is 0 Å². The maximum atomic E-state index is 13.5. The third-order valence-electron chi connectivity index (χ3n) is 6.16. The van der Waals surface area contributed by atoms with Crippen LogP contribution in [0.25, 0.3) is 0 Å². The Morgan fingerprint density at radius 3 is 2.58 bits per heavy atom. The Labute approximate surface area is 214 Å². The number of hydrogen-bond acceptors (Lipinski definition) is 4. The van der Waals surface area contributed by atoms with Crippen LogP contribution in [0.4, 0.5) is 13.2 Å². The molecule has 0 spiro atoms. The molecule has 1 aliphatic heterocycles. The lowest BCUT2D eigenvalue weighted by Crippen LogP contribution is -2.30. The molecule has 36 heavy (non-hydrogen) atoms. The zero-order chi connectivity index (χ0) is 26.5. The Morgan fingerprint density at radius 2 is 1.97 bits per heavy atom. The molecule has 1 aliphatic rings. The predicted molar refractivity (Wildman–Crippen MR) is 136 cm³/mol. The van der Waals surface area contributed by atoms with Crippen LogP contribution in [0.1, 0.15) is 68.1 Å². The van der Waals surface area contributed by atoms with Crippen molar-refractivity contribution < 1.29 is 27.4 Å². The molecule has 2 aromatic rings. The van der Waals surface area contributed by atoms with E-state index in [0.29, 0.717) is 25.2 Å². The van der Waals surface area contributed by atoms with Gasteiger partial charge in [0.15, 0.2) is 5.49 Å². The van der Waals surface area contributed by atoms with Crippen molar-refractivity contribution in [1.29, 1.82) is 0 Å². The summed E-state index contributed by atoms with van der Waals surface area (Å²) in [5.74, 6) is 0.303. The lowest BCUT2D eigenvalue weighted by molar-refractivity contribution is -0.137. The first-order valence-corrected chi connectivity index (χ1v) is 13.6. The van der Waals surface area contributed by atoms with Gasteiger partial charge in [-0.3, -0.25) is 14.2 Å². The number of amides is 1. The van der Waals surface area contributed by atoms with Gasteiger partial charge in [-0.25, -0.2) is 0 Å². The average Bonchev–Trinajstić information content (AvgIpc) is 3.42. The van der Waals surface area contributed by atoms with Gasteiger partial charge < -0.3 is 9.47 Å². The second-order valence-corrected chi connectivity index (χ2v) is 11.0. The number of unbranched alkanes of at least 4 members (excludes halogenated alkanes) is 1. The zero-order valence-corrected chi connectivity index (χ0v) is 22.5. The summed E-state index contributed by atoms with van der Waals surface area (Å²) in [6.07, 6.45) is 0.939. The molecule has 3 rings (SSSR count). The van der Waals surface area contributed by atoms with Crippen molar-refractivity contribution >= 4 is 17.7 Å². The highest BCUT2D eigenvalue weighted by Crippen LogP contribution is 2.33. The predicted octanol–water partition coefficient (Wildman–Crippen LogP) is 5.59. The molecule has 0 saturated carbocycles. The van der Waals surface area contributed by atoms with Gasteiger partial charge in [0, 0.05) is 30.8 Å². The Morgan fingerprint density at radius 1 is 1.22 bits per heavy atom. The molecule has 200 valence electrons. The highest BCUT2D eigenvalue weighted by atomic mass is 32.2. The Balaban J connectivity index is 2.02. The number of benzene rings is 1. The lowest BCUT2D eigenvalue weighted by Gasteiger charge is -2.21. The molecule has 1 aromatic carbocycles. The molecule has 0 unspecified atom stereocenters. The van der Waals surface area contributed by atoms with Crippen molar-refractivity contribution in [2.45, 2.75) is 70.7 Å². The fourth-order valence-corrected chi connectivity index (χ4v) is 4.75. The second-order valence-electron chi connectivity index (χ2n) is 10.1. The van der Waals surface area contributed by atoms with E-state index in [9.17, 15) is 18.0 Å². The summed E-state index contributed by atoms with van der Waals surface area (Å²) in [7, 11) is 1.90. The third kappa shape index (κ3) is 7.18. The molecule has 1 amide bonds. The number of halogens is 3. The first-order valence-electron chi connectivity index (χ1n) is 12.2. The molecule has 1 saturated heterocycles. The maximum Gasteiger partial charge on any atom is 0.416 e. The van der Waals surface area contributed by atoms with E-state index in [2.05, 4.69) is 25.8 Å². The summed E-state index contributed by atoms with van der Waals surface area (Å²) in [5.41, 5.74) is -0.0101. The summed E-state index contributed by atoms with van der Waals surface area (Å²) in [6, 6.07) is 4.81. The number of thioether (sulfide) groups is 1. The largest absolute Gasteiger partial charge is 0.493 e. The fourth-order valence-electron chi connectivity index (χ4n) is 4.26. The molecule has 1 aromatic heterocycles. The summed E-state index contributed by atoms with van der Waals surface area (Å²) < 4.78 is 55.7. The van der Waals surface area contributed by atoms with E-state index in [1.165, 1.54) is 6.07 Å². The van der Waals surface area contributed by atoms with Crippen LogP contribution < -0.4 is 10.2 Å². The summed E-state index contributed by atoms with van der Waals surface area (Å²) in [6.45, 7) is 7.67. The minimum Gasteiger partial charge on any atom is -0.493 e. The number of aromatic nitrogens is 2. The van der Waals surface area contributed by atoms with E-state index < -0.39 is 17.6 Å². The monoisotopic (exact) mass is 527 g/mol. The maximum absolute atomic E-state index is 13.5. The lowest BCUT2D eigenvalue weighted by atomic mass is 9.92. The Hall–Kier alpha value is -2.20. The van der Waals surface area contributed by atoms with Gasteiger partial charge in [0.05, 0.1) is 30.4 Å². The van der Waals surface area contributed by atoms with Gasteiger partial charge in [0.25, 0.3) is 5.91 Å². The Bertz CT molecular complexity index is 1110. The van der Waals surface area contributed by atoms with Crippen molar-refractivity contribution in [2.75, 3.05) is 25.2 Å². The van der Waals surface area contributed by atoms with Crippen LogP contribution in [-0.2, 0) is 29.9 Å². The molecular formula is C26H36F3N3O3S. The number of rotatable bonds is 9. The summed E-state index contributed by atoms with van der Waals surface area (Å²) in [4.78, 5) is 17.6. The van der Waals surface area contributed by atoms with Crippen molar-refractivity contribution in [1.82, 2.24) is 9.36 Å². The van der Waals surface area contributed by atoms with E-state index >= 15 is 0 Å². The highest BCUT2D eigenvalue weighted by Gasteiger charge is 2.32. The first kappa shape index (κ1) is 28.4. The van der Waals surface area contributed by atoms with E-state index in [-0.39, 0.29) is 22.8 Å². The van der Waals surface area contributed by atoms with Gasteiger partial charge in [-0.2, -0.15) is 29.9 Å². The summed E-state index contributed by atoms with van der Waals surface area (Å²) in [5, 5.41) is 0. The van der Waals surface area contributed by atoms with Crippen LogP contribution in [0.15, 0.2) is 29.3 Å². The van der Waals surface area contributed by atoms with Gasteiger partial charge in [-0.1, -0.05) is 20.8 Å². The van der Waals surface area contributed by atoms with Gasteiger partial charge in [0.2, 0.25) is 0 Å². The zero-order valence-electron chi connectivity index (χ0n) is 21.7. The van der Waals surface area contributed by atoms with Gasteiger partial charge in [-0.05, 0) is 55.9 Å². The number of nitrogens with zero attached hydrogens (tertiary/aromatic N) is 3. The van der Waals surface area contributed by atoms with Crippen LogP contribution in [-0.4, -0.2) is 46.6 Å². The van der Waals surface area contributed by atoms with Crippen LogP contribution in [0.2, 0.25) is 0 Å². The molecule has 0 aliphatic carbocycles. The van der Waals surface area contributed by atoms with E-state index in [1.807, 2.05) is 28.7 Å². The molecular weight excluding hydrogens is 491 g/mol. The highest BCUT2D eigenvalue weighted by molar-refractivity contribution is 7.98. The molecule has 1 fully saturated rings. The van der Waals surface area contributed by atoms with Crippen molar-refractivity contribution in [3.05, 3.63) is 46.6 Å². The minimum absolute atomic E-state index is 0.00536. The van der Waals surface area contributed by atoms with E-state index in [1.54, 1.807) is 11.8 Å². The smallest absolute Gasteiger partial charge is 0.416 e. The molecule has 10 heteroatoms. The normalized spacial score (nSPS) is 17.1. The number of carbonyl (C=O) groups excluding carboxylic acids is 1. The average molecular weight is 528 g/mol. The van der Waals surface area contributed by atoms with Crippen LogP contribution in [0, 0.1) is 0 Å². The molecule has 6 nitrogen and oxygen atoms in total. The molecule has 0 N–H and O–H groups in total. The Kier molecular flexibility index (Phi) is 9.38. The molecule has 1 atom stereocenters. The van der Waals surface area contributed by atoms with Crippen molar-refractivity contribution in [3.63, 3.8) is 0 Å². The van der Waals surface area contributed by atoms with E-state index in [0.717, 1.165) is 49.3 Å². The number of carbonyl (C=O) groups is 1. The number of alkyl halides is 3. The van der Waals surface area contributed by atoms with E-state index in [4.69, 9.17) is 9.47 Å². The first-order chi connectivity index (χ1) is 16.9. The number of ether oxygens (including phenoxy) is 2. The molecule has 0 bridgehead atoms. The number of hydrogen-bond donors (Lipinski definition) is 0. The molecule has 2 heterocycles. The molecule has 0 radical (unpaired) electrons. The fraction of sp³-hybridized carbons (Fsp3) is 0.615. The summed E-state index contributed by atoms with van der Waals surface area (Å²) >= 11 is 1.72. The van der Waals surface area contributed by atoms with Crippen molar-refractivity contribution in [3.8, 4) is 5.75 Å².